The molecule has 2 aliphatic heterocycles. The molecule has 148 heavy (non-hydrogen) atoms. The van der Waals surface area contributed by atoms with Gasteiger partial charge in [-0.15, -0.1) is 0 Å². The average Bonchev–Trinajstić information content (AvgIpc) is 1.58. The molecule has 0 amide bonds. The normalized spacial score (nSPS) is 11.9. The molecule has 0 atom stereocenters. The van der Waals surface area contributed by atoms with Gasteiger partial charge < -0.3 is 85.8 Å². The monoisotopic (exact) mass is 2060 g/mol. The lowest BCUT2D eigenvalue weighted by Gasteiger charge is -2.15. The smallest absolute Gasteiger partial charge is 0.162 e. The van der Waals surface area contributed by atoms with E-state index in [1.54, 1.807) is 28.4 Å². The van der Waals surface area contributed by atoms with Crippen molar-refractivity contribution in [3.8, 4) is 68.0 Å². The third kappa shape index (κ3) is 50.6. The number of unbranched alkanes of at least 4 members (excludes halogenated alkanes) is 52. The summed E-state index contributed by atoms with van der Waals surface area (Å²) in [6.07, 6.45) is 78.9. The van der Waals surface area contributed by atoms with E-state index < -0.39 is 0 Å². The number of ether oxygens (including phenoxy) is 16. The summed E-state index contributed by atoms with van der Waals surface area (Å²) >= 11 is 0. The van der Waals surface area contributed by atoms with E-state index in [9.17, 15) is 0 Å². The van der Waals surface area contributed by atoms with Crippen molar-refractivity contribution in [2.75, 3.05) is 187 Å². The van der Waals surface area contributed by atoms with E-state index in [0.29, 0.717) is 155 Å². The van der Waals surface area contributed by atoms with Crippen molar-refractivity contribution in [2.24, 2.45) is 0 Å². The lowest BCUT2D eigenvalue weighted by atomic mass is 9.90. The second-order valence-electron chi connectivity index (χ2n) is 41.9. The first-order valence-corrected chi connectivity index (χ1v) is 60.4. The highest BCUT2D eigenvalue weighted by Gasteiger charge is 2.27. The highest BCUT2D eigenvalue weighted by atomic mass is 16.6. The fourth-order valence-corrected chi connectivity index (χ4v) is 20.9. The zero-order valence-electron chi connectivity index (χ0n) is 94.8. The van der Waals surface area contributed by atoms with Crippen molar-refractivity contribution in [1.29, 1.82) is 0 Å². The number of fused-ring (bicyclic) bond motifs is 20. The molecular formula is C128H206N4O16. The van der Waals surface area contributed by atoms with E-state index in [4.69, 9.17) is 85.8 Å². The number of benzene rings is 4. The second-order valence-corrected chi connectivity index (χ2v) is 41.9. The van der Waals surface area contributed by atoms with E-state index >= 15 is 0 Å². The van der Waals surface area contributed by atoms with Crippen LogP contribution in [-0.4, -0.2) is 207 Å². The van der Waals surface area contributed by atoms with Gasteiger partial charge in [0, 0.05) is 94.3 Å². The predicted molar refractivity (Wildman–Crippen MR) is 617 cm³/mol. The van der Waals surface area contributed by atoms with Crippen LogP contribution in [0.4, 0.5) is 0 Å². The molecule has 3 aromatic heterocycles. The summed E-state index contributed by atoms with van der Waals surface area (Å²) in [4.78, 5) is 20.2. The van der Waals surface area contributed by atoms with E-state index in [0.717, 1.165) is 117 Å². The van der Waals surface area contributed by atoms with Crippen LogP contribution in [0.3, 0.4) is 0 Å². The predicted octanol–water partition coefficient (Wildman–Crippen LogP) is 33.6. The molecule has 20 heteroatoms. The van der Waals surface area contributed by atoms with Gasteiger partial charge in [0.2, 0.25) is 0 Å². The van der Waals surface area contributed by atoms with E-state index in [1.165, 1.54) is 379 Å². The first-order valence-electron chi connectivity index (χ1n) is 60.4. The molecule has 8 bridgehead atoms. The molecule has 20 nitrogen and oxygen atoms in total. The SMILES string of the molecule is CCCCCCCCCCCCCCCCc1cc2c(cc1CCCCCCCCCCCCCCCC)-c1cc3[nH]c(cc4nc(cc5[nH]c(cc-2n1)c1cc(CCCCCCCCCCCCCCCC)c(CCCCCCCCCCCCCCCC)cc51)-c1cc(OCCOCCOCCOC)c(OCCOCCOCCOC)cc1-4)c1cc(OCCOCCOCCOC)c(OCCOCCOCCOC)cc31. The molecule has 0 spiro atoms. The number of aromatic nitrogens is 4. The minimum atomic E-state index is 0.252. The van der Waals surface area contributed by atoms with Crippen LogP contribution < -0.4 is 18.9 Å². The van der Waals surface area contributed by atoms with E-state index in [1.807, 2.05) is 0 Å². The molecular weight excluding hydrogens is 1850 g/mol. The van der Waals surface area contributed by atoms with Crippen molar-refractivity contribution in [1.82, 2.24) is 19.9 Å². The molecule has 0 radical (unpaired) electrons. The number of aryl methyl sites for hydroxylation is 4. The molecule has 2 aliphatic rings. The molecule has 834 valence electrons. The molecule has 9 rings (SSSR count). The van der Waals surface area contributed by atoms with Crippen molar-refractivity contribution < 1.29 is 75.8 Å². The largest absolute Gasteiger partial charge is 0.487 e. The van der Waals surface area contributed by atoms with Crippen molar-refractivity contribution in [3.63, 3.8) is 0 Å². The maximum absolute atomic E-state index is 6.89. The van der Waals surface area contributed by atoms with Crippen molar-refractivity contribution in [2.45, 2.75) is 413 Å². The number of H-pyrrole nitrogens is 2. The van der Waals surface area contributed by atoms with Gasteiger partial charge >= 0.3 is 0 Å². The second kappa shape index (κ2) is 82.8. The zero-order chi connectivity index (χ0) is 104. The van der Waals surface area contributed by atoms with Gasteiger partial charge in [0.15, 0.2) is 23.0 Å². The van der Waals surface area contributed by atoms with Gasteiger partial charge in [0.25, 0.3) is 0 Å². The van der Waals surface area contributed by atoms with E-state index in [2.05, 4.69) is 110 Å². The van der Waals surface area contributed by atoms with Gasteiger partial charge in [-0.05, 0) is 146 Å². The van der Waals surface area contributed by atoms with Gasteiger partial charge in [-0.2, -0.15) is 0 Å². The summed E-state index contributed by atoms with van der Waals surface area (Å²) in [6, 6.07) is 28.1. The van der Waals surface area contributed by atoms with Gasteiger partial charge in [-0.1, -0.05) is 362 Å². The Bertz CT molecular complexity index is 4330. The number of aromatic amines is 2. The molecule has 0 unspecified atom stereocenters. The molecule has 0 fully saturated rings. The van der Waals surface area contributed by atoms with Gasteiger partial charge in [0.1, 0.15) is 26.4 Å². The maximum atomic E-state index is 6.89. The van der Waals surface area contributed by atoms with E-state index in [-0.39, 0.29) is 26.4 Å². The van der Waals surface area contributed by atoms with Crippen LogP contribution in [0.2, 0.25) is 0 Å². The fourth-order valence-electron chi connectivity index (χ4n) is 20.9. The Kier molecular flexibility index (Phi) is 69.8. The minimum Gasteiger partial charge on any atom is -0.487 e. The Labute approximate surface area is 897 Å². The van der Waals surface area contributed by atoms with Crippen molar-refractivity contribution >= 4 is 43.6 Å². The van der Waals surface area contributed by atoms with Crippen LogP contribution in [0.15, 0.2) is 72.8 Å². The van der Waals surface area contributed by atoms with Crippen LogP contribution in [-0.2, 0) is 82.5 Å². The summed E-state index contributed by atoms with van der Waals surface area (Å²) < 4.78 is 96.4. The highest BCUT2D eigenvalue weighted by Crippen LogP contribution is 2.47. The number of nitrogens with one attached hydrogen (secondary N) is 2. The van der Waals surface area contributed by atoms with Crippen molar-refractivity contribution in [3.05, 3.63) is 95.1 Å². The lowest BCUT2D eigenvalue weighted by Crippen LogP contribution is -2.14. The molecule has 5 heterocycles. The molecule has 0 aliphatic carbocycles. The van der Waals surface area contributed by atoms with Gasteiger partial charge in [0.05, 0.1) is 155 Å². The molecule has 7 aromatic rings. The number of methoxy groups -OCH3 is 4. The molecule has 4 aromatic carbocycles. The van der Waals surface area contributed by atoms with Crippen LogP contribution in [0.5, 0.6) is 23.0 Å². The Morgan fingerprint density at radius 2 is 0.331 bits per heavy atom. The summed E-state index contributed by atoms with van der Waals surface area (Å²) in [5.41, 5.74) is 17.1. The lowest BCUT2D eigenvalue weighted by molar-refractivity contribution is 0.0160. The van der Waals surface area contributed by atoms with Gasteiger partial charge in [-0.25, -0.2) is 9.97 Å². The Balaban J connectivity index is 1.22. The number of rotatable bonds is 100. The Morgan fingerprint density at radius 3 is 0.534 bits per heavy atom. The third-order valence-corrected chi connectivity index (χ3v) is 29.6. The minimum absolute atomic E-state index is 0.252. The first-order chi connectivity index (χ1) is 73.3. The number of nitrogens with zero attached hydrogens (tertiary/aromatic N) is 2. The summed E-state index contributed by atoms with van der Waals surface area (Å²) in [5, 5.41) is 4.23. The summed E-state index contributed by atoms with van der Waals surface area (Å²) in [5.74, 6) is 2.27. The number of hydrogen-bond acceptors (Lipinski definition) is 18. The Morgan fingerprint density at radius 1 is 0.169 bits per heavy atom. The zero-order valence-corrected chi connectivity index (χ0v) is 94.8. The van der Waals surface area contributed by atoms with Gasteiger partial charge in [-0.3, -0.25) is 0 Å². The molecule has 2 N–H and O–H groups in total. The third-order valence-electron chi connectivity index (χ3n) is 29.6. The first kappa shape index (κ1) is 125. The standard InChI is InChI=1S/C128H206N4O16/c1-9-13-17-21-25-29-33-37-41-45-49-53-57-61-65-105-93-109-111(95-107(105)67-63-59-55-51-47-43-39-35-31-27-23-19-15-11-3)119-102-121-113-97-125(145-89-85-141-81-77-137-73-69-133-5)127(147-91-87-143-83-79-139-75-71-135-7)99-115(113)123(131-121)104-124-116-100-128(148-92-88-144-84-80-140-76-72-136-8)126(146-90-86-142-82-78-138-74-70-134-6)98-114(116)122(132-124)103-120-112-96-108(68-64-60-56-52-48-44-40-36-32-28-24-20-16-12-4)106(94-110(112)118(130-120)101-117(109)129-119)66-62-58-54-50-46-42-38-34-30-26-22-18-14-10-2/h93-104,129,132H,9-92H2,1-8H3. The maximum Gasteiger partial charge on any atom is 0.162 e. The Hall–Kier alpha value is -6.76. The topological polar surface area (TPSA) is 205 Å². The summed E-state index contributed by atoms with van der Waals surface area (Å²) in [6.45, 7) is 19.1. The fraction of sp³-hybridized carbons (Fsp3) is 0.719. The molecule has 0 saturated heterocycles. The molecule has 0 saturated carbocycles. The van der Waals surface area contributed by atoms with Crippen LogP contribution in [0.25, 0.3) is 88.6 Å². The highest BCUT2D eigenvalue weighted by molar-refractivity contribution is 6.11. The average molecular weight is 2060 g/mol. The van der Waals surface area contributed by atoms with Crippen LogP contribution in [0.1, 0.15) is 410 Å². The quantitative estimate of drug-likeness (QED) is 0.0340. The van der Waals surface area contributed by atoms with Crippen LogP contribution >= 0.6 is 0 Å². The number of hydrogen-bond donors (Lipinski definition) is 2. The summed E-state index contributed by atoms with van der Waals surface area (Å²) in [7, 11) is 6.73. The van der Waals surface area contributed by atoms with Crippen LogP contribution in [0, 0.1) is 0 Å².